The molecule has 0 aromatic rings. The molecule has 3 N–H and O–H groups in total. The summed E-state index contributed by atoms with van der Waals surface area (Å²) in [7, 11) is 0. The molecule has 1 aliphatic rings. The minimum atomic E-state index is -0.864. The first-order valence-corrected chi connectivity index (χ1v) is 8.02. The van der Waals surface area contributed by atoms with Crippen LogP contribution in [0.15, 0.2) is 0 Å². The lowest BCUT2D eigenvalue weighted by Gasteiger charge is -2.36. The third-order valence-corrected chi connectivity index (χ3v) is 4.26. The number of hydrogen-bond donors (Lipinski definition) is 3. The molecule has 0 radical (unpaired) electrons. The second-order valence-electron chi connectivity index (χ2n) is 5.05. The predicted octanol–water partition coefficient (Wildman–Crippen LogP) is 1.83. The minimum Gasteiger partial charge on any atom is -0.481 e. The highest BCUT2D eigenvalue weighted by Crippen LogP contribution is 2.31. The highest BCUT2D eigenvalue weighted by atomic mass is 32.2. The van der Waals surface area contributed by atoms with Gasteiger partial charge in [-0.2, -0.15) is 0 Å². The monoisotopic (exact) mass is 298 g/mol. The largest absolute Gasteiger partial charge is 0.481 e. The van der Waals surface area contributed by atoms with E-state index in [2.05, 4.69) is 16.6 Å². The van der Waals surface area contributed by atoms with E-state index in [9.17, 15) is 9.59 Å². The van der Waals surface area contributed by atoms with E-state index in [-0.39, 0.29) is 12.5 Å². The number of nitrogens with one attached hydrogen (secondary N) is 2. The number of rotatable bonds is 7. The Morgan fingerprint density at radius 3 is 2.60 bits per heavy atom. The molecule has 0 saturated heterocycles. The Bertz CT molecular complexity index is 373. The van der Waals surface area contributed by atoms with Gasteiger partial charge in [-0.3, -0.25) is 4.79 Å². The summed E-state index contributed by atoms with van der Waals surface area (Å²) in [5.41, 5.74) is -0.583. The Balaban J connectivity index is 2.38. The molecule has 6 heteroatoms. The van der Waals surface area contributed by atoms with E-state index in [4.69, 9.17) is 11.5 Å². The second kappa shape index (κ2) is 8.75. The van der Waals surface area contributed by atoms with Gasteiger partial charge in [-0.1, -0.05) is 25.2 Å². The highest BCUT2D eigenvalue weighted by molar-refractivity contribution is 7.99. The Kier molecular flexibility index (Phi) is 7.31. The average molecular weight is 298 g/mol. The molecule has 5 nitrogen and oxygen atoms in total. The molecule has 0 heterocycles. The lowest BCUT2D eigenvalue weighted by Crippen LogP contribution is -2.54. The fourth-order valence-electron chi connectivity index (χ4n) is 2.52. The Morgan fingerprint density at radius 2 is 2.00 bits per heavy atom. The van der Waals surface area contributed by atoms with Crippen molar-refractivity contribution in [1.82, 2.24) is 10.6 Å². The molecule has 0 atom stereocenters. The van der Waals surface area contributed by atoms with Crippen molar-refractivity contribution in [3.63, 3.8) is 0 Å². The van der Waals surface area contributed by atoms with Crippen molar-refractivity contribution in [2.75, 3.05) is 18.1 Å². The molecular weight excluding hydrogens is 276 g/mol. The molecule has 2 amide bonds. The van der Waals surface area contributed by atoms with E-state index < -0.39 is 11.5 Å². The standard InChI is InChI=1S/C14H22N2O3S/c1-2-9-20-10-8-15-13(19)16-14(11-12(17)18)6-4-3-5-7-14/h1H,3-11H2,(H,17,18)(H2,15,16,19). The van der Waals surface area contributed by atoms with Gasteiger partial charge >= 0.3 is 12.0 Å². The number of carbonyl (C=O) groups excluding carboxylic acids is 1. The van der Waals surface area contributed by atoms with Crippen molar-refractivity contribution in [2.24, 2.45) is 0 Å². The summed E-state index contributed by atoms with van der Waals surface area (Å²) < 4.78 is 0. The van der Waals surface area contributed by atoms with Gasteiger partial charge in [0.2, 0.25) is 0 Å². The maximum absolute atomic E-state index is 11.9. The maximum Gasteiger partial charge on any atom is 0.315 e. The number of carbonyl (C=O) groups is 2. The van der Waals surface area contributed by atoms with Gasteiger partial charge in [-0.15, -0.1) is 18.2 Å². The number of thioether (sulfide) groups is 1. The molecule has 0 spiro atoms. The van der Waals surface area contributed by atoms with Crippen LogP contribution in [-0.4, -0.2) is 40.7 Å². The molecule has 0 aromatic heterocycles. The van der Waals surface area contributed by atoms with Crippen LogP contribution in [0.3, 0.4) is 0 Å². The first-order valence-electron chi connectivity index (χ1n) is 6.87. The number of aliphatic carboxylic acids is 1. The quantitative estimate of drug-likeness (QED) is 0.495. The van der Waals surface area contributed by atoms with Crippen molar-refractivity contribution in [1.29, 1.82) is 0 Å². The van der Waals surface area contributed by atoms with Crippen molar-refractivity contribution in [2.45, 2.75) is 44.1 Å². The van der Waals surface area contributed by atoms with Crippen LogP contribution in [0, 0.1) is 12.3 Å². The lowest BCUT2D eigenvalue weighted by molar-refractivity contribution is -0.139. The molecule has 112 valence electrons. The normalized spacial score (nSPS) is 16.9. The molecule has 0 aliphatic heterocycles. The van der Waals surface area contributed by atoms with Crippen molar-refractivity contribution < 1.29 is 14.7 Å². The van der Waals surface area contributed by atoms with Crippen LogP contribution < -0.4 is 10.6 Å². The zero-order valence-electron chi connectivity index (χ0n) is 11.6. The Hall–Kier alpha value is -1.35. The van der Waals surface area contributed by atoms with Crippen molar-refractivity contribution in [3.05, 3.63) is 0 Å². The second-order valence-corrected chi connectivity index (χ2v) is 6.15. The summed E-state index contributed by atoms with van der Waals surface area (Å²) in [4.78, 5) is 22.9. The molecule has 0 aromatic carbocycles. The highest BCUT2D eigenvalue weighted by Gasteiger charge is 2.35. The first kappa shape index (κ1) is 16.7. The number of terminal acetylenes is 1. The van der Waals surface area contributed by atoms with Gasteiger partial charge in [0.25, 0.3) is 0 Å². The van der Waals surface area contributed by atoms with Crippen LogP contribution in [0.25, 0.3) is 0 Å². The summed E-state index contributed by atoms with van der Waals surface area (Å²) in [6.45, 7) is 0.529. The summed E-state index contributed by atoms with van der Waals surface area (Å²) in [5, 5.41) is 14.7. The van der Waals surface area contributed by atoms with Crippen LogP contribution in [0.5, 0.6) is 0 Å². The average Bonchev–Trinajstić information content (AvgIpc) is 2.38. The molecular formula is C14H22N2O3S. The molecule has 20 heavy (non-hydrogen) atoms. The van der Waals surface area contributed by atoms with Crippen LogP contribution in [0.4, 0.5) is 4.79 Å². The molecule has 1 rings (SSSR count). The summed E-state index contributed by atoms with van der Waals surface area (Å²) in [6, 6.07) is -0.283. The topological polar surface area (TPSA) is 78.4 Å². The summed E-state index contributed by atoms with van der Waals surface area (Å²) >= 11 is 1.58. The Morgan fingerprint density at radius 1 is 1.30 bits per heavy atom. The van der Waals surface area contributed by atoms with Gasteiger partial charge in [0.05, 0.1) is 17.7 Å². The van der Waals surface area contributed by atoms with Gasteiger partial charge in [-0.05, 0) is 12.8 Å². The van der Waals surface area contributed by atoms with E-state index in [0.717, 1.165) is 37.9 Å². The number of carboxylic acid groups (broad SMARTS) is 1. The van der Waals surface area contributed by atoms with E-state index >= 15 is 0 Å². The third kappa shape index (κ3) is 6.20. The van der Waals surface area contributed by atoms with Gasteiger partial charge in [-0.25, -0.2) is 4.79 Å². The third-order valence-electron chi connectivity index (χ3n) is 3.40. The number of carboxylic acids is 1. The molecule has 1 saturated carbocycles. The van der Waals surface area contributed by atoms with E-state index in [0.29, 0.717) is 12.3 Å². The Labute approximate surface area is 124 Å². The molecule has 0 bridgehead atoms. The van der Waals surface area contributed by atoms with Crippen LogP contribution in [0.2, 0.25) is 0 Å². The van der Waals surface area contributed by atoms with Gasteiger partial charge < -0.3 is 15.7 Å². The van der Waals surface area contributed by atoms with E-state index in [1.165, 1.54) is 0 Å². The van der Waals surface area contributed by atoms with Gasteiger partial charge in [0.1, 0.15) is 0 Å². The van der Waals surface area contributed by atoms with Crippen molar-refractivity contribution in [3.8, 4) is 12.3 Å². The van der Waals surface area contributed by atoms with E-state index in [1.807, 2.05) is 0 Å². The zero-order chi connectivity index (χ0) is 14.8. The first-order chi connectivity index (χ1) is 9.58. The summed E-state index contributed by atoms with van der Waals surface area (Å²) in [5.74, 6) is 3.04. The summed E-state index contributed by atoms with van der Waals surface area (Å²) in [6.07, 6.45) is 9.63. The van der Waals surface area contributed by atoms with Gasteiger partial charge in [0, 0.05) is 12.3 Å². The minimum absolute atomic E-state index is 0.00768. The number of urea groups is 1. The van der Waals surface area contributed by atoms with Crippen LogP contribution >= 0.6 is 11.8 Å². The van der Waals surface area contributed by atoms with Crippen LogP contribution in [-0.2, 0) is 4.79 Å². The van der Waals surface area contributed by atoms with Gasteiger partial charge in [0.15, 0.2) is 0 Å². The van der Waals surface area contributed by atoms with Crippen LogP contribution in [0.1, 0.15) is 38.5 Å². The molecule has 1 aliphatic carbocycles. The fourth-order valence-corrected chi connectivity index (χ4v) is 3.03. The SMILES string of the molecule is C#CCSCCNC(=O)NC1(CC(=O)O)CCCCC1. The maximum atomic E-state index is 11.9. The zero-order valence-corrected chi connectivity index (χ0v) is 12.4. The predicted molar refractivity (Wildman–Crippen MR) is 80.8 cm³/mol. The van der Waals surface area contributed by atoms with Crippen molar-refractivity contribution >= 4 is 23.8 Å². The molecule has 0 unspecified atom stereocenters. The smallest absolute Gasteiger partial charge is 0.315 e. The van der Waals surface area contributed by atoms with E-state index in [1.54, 1.807) is 11.8 Å². The number of hydrogen-bond acceptors (Lipinski definition) is 3. The molecule has 1 fully saturated rings. The fraction of sp³-hybridized carbons (Fsp3) is 0.714. The lowest BCUT2D eigenvalue weighted by atomic mass is 9.79. The number of amides is 2.